The molecule has 0 bridgehead atoms. The highest BCUT2D eigenvalue weighted by Gasteiger charge is 2.29. The van der Waals surface area contributed by atoms with Gasteiger partial charge in [-0.3, -0.25) is 14.4 Å². The number of unbranched alkanes of at least 4 members (excludes halogenated alkanes) is 2. The van der Waals surface area contributed by atoms with Crippen LogP contribution < -0.4 is 33.2 Å². The lowest BCUT2D eigenvalue weighted by Crippen LogP contribution is -2.58. The number of hydrogen-bond donors (Lipinski definition) is 9. The van der Waals surface area contributed by atoms with Gasteiger partial charge in [0.15, 0.2) is 0 Å². The Morgan fingerprint density at radius 1 is 0.774 bits per heavy atom. The lowest BCUT2D eigenvalue weighted by Gasteiger charge is -2.23. The van der Waals surface area contributed by atoms with Gasteiger partial charge in [0.05, 0.1) is 12.6 Å². The number of carbonyl (C=O) groups excluding carboxylic acids is 3. The Balaban J connectivity index is 4.86. The summed E-state index contributed by atoms with van der Waals surface area (Å²) < 4.78 is 0. The van der Waals surface area contributed by atoms with Gasteiger partial charge in [-0.05, 0) is 45.2 Å². The van der Waals surface area contributed by atoms with E-state index in [9.17, 15) is 29.4 Å². The van der Waals surface area contributed by atoms with Crippen LogP contribution in [0.2, 0.25) is 0 Å². The maximum Gasteiger partial charge on any atom is 0.326 e. The van der Waals surface area contributed by atoms with E-state index >= 15 is 0 Å². The summed E-state index contributed by atoms with van der Waals surface area (Å²) in [6, 6.07) is -4.51. The predicted octanol–water partition coefficient (Wildman–Crippen LogP) is -2.97. The maximum absolute atomic E-state index is 12.4. The fraction of sp³-hybridized carbons (Fsp3) is 0.778. The van der Waals surface area contributed by atoms with Crippen molar-refractivity contribution in [1.29, 1.82) is 0 Å². The highest BCUT2D eigenvalue weighted by Crippen LogP contribution is 2.03. The summed E-state index contributed by atoms with van der Waals surface area (Å²) in [5, 5.41) is 25.8. The van der Waals surface area contributed by atoms with E-state index in [2.05, 4.69) is 28.6 Å². The summed E-state index contributed by atoms with van der Waals surface area (Å²) in [6.07, 6.45) is 3.01. The second kappa shape index (κ2) is 16.7. The number of aliphatic hydroxyl groups is 1. The number of carboxylic acid groups (broad SMARTS) is 1. The fourth-order valence-electron chi connectivity index (χ4n) is 2.60. The van der Waals surface area contributed by atoms with Crippen LogP contribution in [0.4, 0.5) is 0 Å². The van der Waals surface area contributed by atoms with Gasteiger partial charge in [-0.1, -0.05) is 6.42 Å². The first-order valence-corrected chi connectivity index (χ1v) is 10.9. The molecule has 0 aliphatic carbocycles. The molecule has 0 aliphatic rings. The number of aliphatic carboxylic acids is 1. The molecule has 13 heteroatoms. The standard InChI is InChI=1S/C18H36N6O6S/c19-7-3-1-5-11(21)15(26)23-13(9-25)16(27)24-14(10-31)17(28)22-12(18(29)30)6-2-4-8-20/h11-14,25,31H,1-10,19-21H2,(H,22,28)(H,23,26)(H,24,27)(H,29,30). The van der Waals surface area contributed by atoms with E-state index < -0.39 is 54.5 Å². The van der Waals surface area contributed by atoms with E-state index in [1.54, 1.807) is 0 Å². The van der Waals surface area contributed by atoms with Crippen molar-refractivity contribution in [3.63, 3.8) is 0 Å². The molecule has 0 aromatic carbocycles. The lowest BCUT2D eigenvalue weighted by molar-refractivity contribution is -0.142. The summed E-state index contributed by atoms with van der Waals surface area (Å²) in [5.41, 5.74) is 16.5. The van der Waals surface area contributed by atoms with E-state index in [0.717, 1.165) is 0 Å². The molecule has 0 fully saturated rings. The summed E-state index contributed by atoms with van der Waals surface area (Å²) in [5.74, 6) is -3.53. The van der Waals surface area contributed by atoms with Crippen LogP contribution in [0, 0.1) is 0 Å². The molecule has 11 N–H and O–H groups in total. The Kier molecular flexibility index (Phi) is 15.7. The van der Waals surface area contributed by atoms with Gasteiger partial charge >= 0.3 is 5.97 Å². The second-order valence-electron chi connectivity index (χ2n) is 7.06. The molecular formula is C18H36N6O6S. The van der Waals surface area contributed by atoms with Crippen molar-refractivity contribution in [2.24, 2.45) is 17.2 Å². The molecular weight excluding hydrogens is 428 g/mol. The normalized spacial score (nSPS) is 14.7. The minimum absolute atomic E-state index is 0.128. The molecule has 0 aromatic heterocycles. The molecule has 4 atom stereocenters. The third-order valence-electron chi connectivity index (χ3n) is 4.50. The molecule has 12 nitrogen and oxygen atoms in total. The topological polar surface area (TPSA) is 223 Å². The Morgan fingerprint density at radius 3 is 1.74 bits per heavy atom. The first-order chi connectivity index (χ1) is 14.7. The SMILES string of the molecule is NCCCCC(N)C(=O)NC(CO)C(=O)NC(CS)C(=O)NC(CCCCN)C(=O)O. The van der Waals surface area contributed by atoms with Crippen molar-refractivity contribution in [3.8, 4) is 0 Å². The van der Waals surface area contributed by atoms with Crippen molar-refractivity contribution >= 4 is 36.3 Å². The van der Waals surface area contributed by atoms with E-state index in [0.29, 0.717) is 45.2 Å². The average molecular weight is 465 g/mol. The highest BCUT2D eigenvalue weighted by molar-refractivity contribution is 7.80. The molecule has 180 valence electrons. The van der Waals surface area contributed by atoms with Crippen LogP contribution in [0.15, 0.2) is 0 Å². The van der Waals surface area contributed by atoms with Gasteiger partial charge in [-0.25, -0.2) is 4.79 Å². The summed E-state index contributed by atoms with van der Waals surface area (Å²) in [4.78, 5) is 48.3. The molecule has 0 aliphatic heterocycles. The molecule has 0 spiro atoms. The van der Waals surface area contributed by atoms with Crippen LogP contribution in [-0.4, -0.2) is 83.5 Å². The van der Waals surface area contributed by atoms with Gasteiger partial charge in [0.1, 0.15) is 18.1 Å². The number of amides is 3. The largest absolute Gasteiger partial charge is 0.480 e. The number of aliphatic hydroxyl groups excluding tert-OH is 1. The number of carbonyl (C=O) groups is 4. The van der Waals surface area contributed by atoms with Gasteiger partial charge in [0.2, 0.25) is 17.7 Å². The summed E-state index contributed by atoms with van der Waals surface area (Å²) in [7, 11) is 0. The number of nitrogens with two attached hydrogens (primary N) is 3. The first-order valence-electron chi connectivity index (χ1n) is 10.2. The molecule has 0 saturated carbocycles. The van der Waals surface area contributed by atoms with E-state index in [1.807, 2.05) is 0 Å². The Labute approximate surface area is 187 Å². The van der Waals surface area contributed by atoms with E-state index in [1.165, 1.54) is 0 Å². The van der Waals surface area contributed by atoms with Crippen molar-refractivity contribution in [3.05, 3.63) is 0 Å². The third-order valence-corrected chi connectivity index (χ3v) is 4.86. The monoisotopic (exact) mass is 464 g/mol. The zero-order chi connectivity index (χ0) is 23.8. The number of thiol groups is 1. The molecule has 0 heterocycles. The Bertz CT molecular complexity index is 582. The van der Waals surface area contributed by atoms with Crippen LogP contribution in [0.1, 0.15) is 38.5 Å². The van der Waals surface area contributed by atoms with Crippen LogP contribution >= 0.6 is 12.6 Å². The quantitative estimate of drug-likeness (QED) is 0.0790. The maximum atomic E-state index is 12.4. The first kappa shape index (κ1) is 29.1. The average Bonchev–Trinajstić information content (AvgIpc) is 2.74. The number of hydrogen-bond acceptors (Lipinski definition) is 9. The third kappa shape index (κ3) is 11.9. The Morgan fingerprint density at radius 2 is 1.26 bits per heavy atom. The molecule has 4 unspecified atom stereocenters. The molecule has 0 radical (unpaired) electrons. The van der Waals surface area contributed by atoms with Crippen LogP contribution in [0.5, 0.6) is 0 Å². The number of rotatable bonds is 17. The van der Waals surface area contributed by atoms with Crippen molar-refractivity contribution in [2.75, 3.05) is 25.4 Å². The van der Waals surface area contributed by atoms with Gasteiger partial charge in [0, 0.05) is 5.75 Å². The zero-order valence-corrected chi connectivity index (χ0v) is 18.5. The van der Waals surface area contributed by atoms with Gasteiger partial charge in [-0.2, -0.15) is 12.6 Å². The number of nitrogens with one attached hydrogen (secondary N) is 3. The molecule has 3 amide bonds. The summed E-state index contributed by atoms with van der Waals surface area (Å²) >= 11 is 4.02. The van der Waals surface area contributed by atoms with E-state index in [-0.39, 0.29) is 12.2 Å². The minimum atomic E-state index is -1.33. The van der Waals surface area contributed by atoms with Crippen LogP contribution in [0.25, 0.3) is 0 Å². The molecule has 0 rings (SSSR count). The minimum Gasteiger partial charge on any atom is -0.480 e. The van der Waals surface area contributed by atoms with Crippen molar-refractivity contribution < 1.29 is 29.4 Å². The molecule has 31 heavy (non-hydrogen) atoms. The van der Waals surface area contributed by atoms with Gasteiger partial charge < -0.3 is 43.4 Å². The predicted molar refractivity (Wildman–Crippen MR) is 118 cm³/mol. The molecule has 0 aromatic rings. The van der Waals surface area contributed by atoms with Gasteiger partial charge in [-0.15, -0.1) is 0 Å². The molecule has 0 saturated heterocycles. The highest BCUT2D eigenvalue weighted by atomic mass is 32.1. The van der Waals surface area contributed by atoms with E-state index in [4.69, 9.17) is 17.2 Å². The van der Waals surface area contributed by atoms with Crippen molar-refractivity contribution in [1.82, 2.24) is 16.0 Å². The van der Waals surface area contributed by atoms with Gasteiger partial charge in [0.25, 0.3) is 0 Å². The van der Waals surface area contributed by atoms with Crippen LogP contribution in [-0.2, 0) is 19.2 Å². The Hall–Kier alpha value is -1.93. The number of carboxylic acids is 1. The lowest BCUT2D eigenvalue weighted by atomic mass is 10.1. The summed E-state index contributed by atoms with van der Waals surface area (Å²) in [6.45, 7) is 0.157. The second-order valence-corrected chi connectivity index (χ2v) is 7.43. The van der Waals surface area contributed by atoms with Crippen molar-refractivity contribution in [2.45, 2.75) is 62.7 Å². The smallest absolute Gasteiger partial charge is 0.326 e. The zero-order valence-electron chi connectivity index (χ0n) is 17.6. The van der Waals surface area contributed by atoms with Crippen LogP contribution in [0.3, 0.4) is 0 Å². The fourth-order valence-corrected chi connectivity index (χ4v) is 2.86.